The lowest BCUT2D eigenvalue weighted by molar-refractivity contribution is 0.348. The zero-order chi connectivity index (χ0) is 12.0. The molecule has 2 nitrogen and oxygen atoms in total. The van der Waals surface area contributed by atoms with Crippen molar-refractivity contribution in [3.63, 3.8) is 0 Å². The zero-order valence-corrected chi connectivity index (χ0v) is 11.7. The van der Waals surface area contributed by atoms with Gasteiger partial charge in [0.1, 0.15) is 12.4 Å². The van der Waals surface area contributed by atoms with E-state index in [1.807, 2.05) is 32.2 Å². The van der Waals surface area contributed by atoms with Gasteiger partial charge in [0.2, 0.25) is 0 Å². The number of hydrogen-bond donors (Lipinski definition) is 1. The smallest absolute Gasteiger partial charge is 0.124 e. The minimum absolute atomic E-state index is 0.516. The first kappa shape index (κ1) is 13.6. The van der Waals surface area contributed by atoms with E-state index in [4.69, 9.17) is 16.3 Å². The maximum atomic E-state index is 5.68. The van der Waals surface area contributed by atoms with Crippen LogP contribution in [0.3, 0.4) is 0 Å². The maximum absolute atomic E-state index is 5.68. The van der Waals surface area contributed by atoms with E-state index in [9.17, 15) is 0 Å². The largest absolute Gasteiger partial charge is 0.489 e. The van der Waals surface area contributed by atoms with Crippen LogP contribution in [0.1, 0.15) is 12.5 Å². The average Bonchev–Trinajstić information content (AvgIpc) is 2.28. The van der Waals surface area contributed by atoms with Crippen LogP contribution in [0.5, 0.6) is 5.75 Å². The highest BCUT2D eigenvalue weighted by molar-refractivity contribution is 9.10. The summed E-state index contributed by atoms with van der Waals surface area (Å²) in [7, 11) is 1.91. The molecule has 0 radical (unpaired) electrons. The van der Waals surface area contributed by atoms with Crippen LogP contribution in [-0.4, -0.2) is 13.7 Å². The van der Waals surface area contributed by atoms with Gasteiger partial charge in [0, 0.05) is 22.1 Å². The van der Waals surface area contributed by atoms with Crippen molar-refractivity contribution < 1.29 is 4.74 Å². The number of benzene rings is 1. The van der Waals surface area contributed by atoms with Crippen LogP contribution in [0.4, 0.5) is 0 Å². The lowest BCUT2D eigenvalue weighted by Gasteiger charge is -2.11. The summed E-state index contributed by atoms with van der Waals surface area (Å²) >= 11 is 9.03. The lowest BCUT2D eigenvalue weighted by Crippen LogP contribution is -2.08. The van der Waals surface area contributed by atoms with Gasteiger partial charge in [0.15, 0.2) is 0 Å². The zero-order valence-electron chi connectivity index (χ0n) is 9.39. The molecule has 0 aliphatic rings. The Morgan fingerprint density at radius 3 is 2.94 bits per heavy atom. The third kappa shape index (κ3) is 4.16. The summed E-state index contributed by atoms with van der Waals surface area (Å²) in [6.45, 7) is 3.23. The van der Waals surface area contributed by atoms with E-state index in [-0.39, 0.29) is 0 Å². The Morgan fingerprint density at radius 1 is 1.56 bits per heavy atom. The maximum Gasteiger partial charge on any atom is 0.124 e. The van der Waals surface area contributed by atoms with E-state index in [0.29, 0.717) is 6.61 Å². The second-order valence-electron chi connectivity index (χ2n) is 3.53. The van der Waals surface area contributed by atoms with Gasteiger partial charge < -0.3 is 10.1 Å². The predicted molar refractivity (Wildman–Crippen MR) is 72.0 cm³/mol. The summed E-state index contributed by atoms with van der Waals surface area (Å²) < 4.78 is 6.73. The molecule has 1 N–H and O–H groups in total. The molecule has 0 saturated carbocycles. The van der Waals surface area contributed by atoms with Gasteiger partial charge >= 0.3 is 0 Å². The Hall–Kier alpha value is -0.510. The van der Waals surface area contributed by atoms with E-state index in [0.717, 1.165) is 27.9 Å². The van der Waals surface area contributed by atoms with Gasteiger partial charge in [-0.3, -0.25) is 0 Å². The lowest BCUT2D eigenvalue weighted by atomic mass is 10.2. The van der Waals surface area contributed by atoms with Crippen LogP contribution in [0.25, 0.3) is 0 Å². The van der Waals surface area contributed by atoms with Crippen LogP contribution in [0.2, 0.25) is 0 Å². The first-order valence-corrected chi connectivity index (χ1v) is 6.22. The molecular formula is C12H15BrClNO. The summed E-state index contributed by atoms with van der Waals surface area (Å²) in [6.07, 6.45) is 0. The van der Waals surface area contributed by atoms with Gasteiger partial charge in [-0.15, -0.1) is 0 Å². The molecule has 0 bridgehead atoms. The monoisotopic (exact) mass is 303 g/mol. The van der Waals surface area contributed by atoms with Crippen molar-refractivity contribution in [2.24, 2.45) is 0 Å². The highest BCUT2D eigenvalue weighted by atomic mass is 79.9. The van der Waals surface area contributed by atoms with Crippen molar-refractivity contribution in [2.45, 2.75) is 13.5 Å². The molecule has 0 aliphatic carbocycles. The van der Waals surface area contributed by atoms with Crippen LogP contribution >= 0.6 is 27.5 Å². The summed E-state index contributed by atoms with van der Waals surface area (Å²) in [6, 6.07) is 5.97. The SMILES string of the molecule is CNCc1cc(Br)ccc1OC/C(C)=C/Cl. The van der Waals surface area contributed by atoms with E-state index < -0.39 is 0 Å². The van der Waals surface area contributed by atoms with Crippen LogP contribution in [0.15, 0.2) is 33.8 Å². The fourth-order valence-corrected chi connectivity index (χ4v) is 1.71. The van der Waals surface area contributed by atoms with E-state index >= 15 is 0 Å². The number of nitrogens with one attached hydrogen (secondary N) is 1. The Balaban J connectivity index is 2.77. The summed E-state index contributed by atoms with van der Waals surface area (Å²) in [5.74, 6) is 0.885. The summed E-state index contributed by atoms with van der Waals surface area (Å²) in [4.78, 5) is 0. The second kappa shape index (κ2) is 6.94. The Morgan fingerprint density at radius 2 is 2.31 bits per heavy atom. The Kier molecular flexibility index (Phi) is 5.88. The number of rotatable bonds is 5. The summed E-state index contributed by atoms with van der Waals surface area (Å²) in [5.41, 5.74) is 3.66. The van der Waals surface area contributed by atoms with Gasteiger partial charge in [-0.05, 0) is 37.7 Å². The molecule has 0 aliphatic heterocycles. The van der Waals surface area contributed by atoms with Crippen LogP contribution in [-0.2, 0) is 6.54 Å². The Labute approximate surface area is 110 Å². The van der Waals surface area contributed by atoms with Crippen molar-refractivity contribution in [1.29, 1.82) is 0 Å². The molecule has 0 spiro atoms. The molecule has 0 atom stereocenters. The molecule has 0 saturated heterocycles. The fraction of sp³-hybridized carbons (Fsp3) is 0.333. The molecular weight excluding hydrogens is 289 g/mol. The molecule has 0 aromatic heterocycles. The number of ether oxygens (including phenoxy) is 1. The van der Waals surface area contributed by atoms with Crippen LogP contribution < -0.4 is 10.1 Å². The standard InChI is InChI=1S/C12H15BrClNO/c1-9(6-14)8-16-12-4-3-11(13)5-10(12)7-15-2/h3-6,15H,7-8H2,1-2H3/b9-6+. The predicted octanol–water partition coefficient (Wildman–Crippen LogP) is 3.69. The fourth-order valence-electron chi connectivity index (χ4n) is 1.24. The molecule has 16 heavy (non-hydrogen) atoms. The minimum atomic E-state index is 0.516. The normalized spacial score (nSPS) is 11.6. The van der Waals surface area contributed by atoms with Crippen molar-refractivity contribution in [3.8, 4) is 5.75 Å². The minimum Gasteiger partial charge on any atom is -0.489 e. The first-order chi connectivity index (χ1) is 7.67. The average molecular weight is 305 g/mol. The quantitative estimate of drug-likeness (QED) is 0.896. The highest BCUT2D eigenvalue weighted by Gasteiger charge is 2.04. The molecule has 1 aromatic rings. The van der Waals surface area contributed by atoms with Gasteiger partial charge in [0.05, 0.1) is 0 Å². The van der Waals surface area contributed by atoms with E-state index in [1.165, 1.54) is 5.54 Å². The molecule has 0 amide bonds. The molecule has 0 fully saturated rings. The second-order valence-corrected chi connectivity index (χ2v) is 4.66. The van der Waals surface area contributed by atoms with Crippen molar-refractivity contribution in [2.75, 3.05) is 13.7 Å². The molecule has 88 valence electrons. The van der Waals surface area contributed by atoms with E-state index in [2.05, 4.69) is 21.2 Å². The van der Waals surface area contributed by atoms with Crippen molar-refractivity contribution >= 4 is 27.5 Å². The molecule has 1 aromatic carbocycles. The first-order valence-electron chi connectivity index (χ1n) is 4.99. The third-order valence-corrected chi connectivity index (χ3v) is 2.90. The van der Waals surface area contributed by atoms with Crippen molar-refractivity contribution in [1.82, 2.24) is 5.32 Å². The van der Waals surface area contributed by atoms with E-state index in [1.54, 1.807) is 0 Å². The van der Waals surface area contributed by atoms with Gasteiger partial charge in [-0.2, -0.15) is 0 Å². The number of hydrogen-bond acceptors (Lipinski definition) is 2. The Bertz CT molecular complexity index is 379. The molecule has 0 heterocycles. The van der Waals surface area contributed by atoms with Crippen molar-refractivity contribution in [3.05, 3.63) is 39.3 Å². The molecule has 1 rings (SSSR count). The van der Waals surface area contributed by atoms with Gasteiger partial charge in [-0.1, -0.05) is 27.5 Å². The molecule has 4 heteroatoms. The van der Waals surface area contributed by atoms with Crippen LogP contribution in [0, 0.1) is 0 Å². The molecule has 0 unspecified atom stereocenters. The summed E-state index contributed by atoms with van der Waals surface area (Å²) in [5, 5.41) is 3.11. The van der Waals surface area contributed by atoms with Gasteiger partial charge in [0.25, 0.3) is 0 Å². The third-order valence-electron chi connectivity index (χ3n) is 2.03. The number of halogens is 2. The topological polar surface area (TPSA) is 21.3 Å². The highest BCUT2D eigenvalue weighted by Crippen LogP contribution is 2.23. The van der Waals surface area contributed by atoms with Gasteiger partial charge in [-0.25, -0.2) is 0 Å².